The van der Waals surface area contributed by atoms with Crippen molar-refractivity contribution in [3.63, 3.8) is 0 Å². The zero-order chi connectivity index (χ0) is 21.5. The van der Waals surface area contributed by atoms with E-state index < -0.39 is 0 Å². The molecule has 0 unspecified atom stereocenters. The van der Waals surface area contributed by atoms with E-state index in [0.717, 1.165) is 16.7 Å². The van der Waals surface area contributed by atoms with Gasteiger partial charge in [-0.25, -0.2) is 0 Å². The van der Waals surface area contributed by atoms with Gasteiger partial charge in [0.15, 0.2) is 0 Å². The first-order chi connectivity index (χ1) is 14.5. The summed E-state index contributed by atoms with van der Waals surface area (Å²) in [6, 6.07) is 14.8. The molecule has 0 aliphatic heterocycles. The number of nitrogens with one attached hydrogen (secondary N) is 2. The van der Waals surface area contributed by atoms with Crippen molar-refractivity contribution in [1.29, 1.82) is 5.41 Å². The number of carbonyl (C=O) groups is 1. The maximum Gasteiger partial charge on any atom is 0.253 e. The van der Waals surface area contributed by atoms with Crippen LogP contribution in [-0.2, 0) is 12.3 Å². The first kappa shape index (κ1) is 21.6. The predicted octanol–water partition coefficient (Wildman–Crippen LogP) is 4.84. The van der Waals surface area contributed by atoms with Gasteiger partial charge in [-0.2, -0.15) is 0 Å². The zero-order valence-electron chi connectivity index (χ0n) is 16.1. The fraction of sp³-hybridized carbons (Fsp3) is 0.125. The van der Waals surface area contributed by atoms with Crippen LogP contribution in [0, 0.1) is 17.8 Å². The smallest absolute Gasteiger partial charge is 0.253 e. The molecule has 1 aromatic heterocycles. The summed E-state index contributed by atoms with van der Waals surface area (Å²) in [7, 11) is 0. The molecular formula is C24H19Cl2N3O. The average Bonchev–Trinajstić information content (AvgIpc) is 2.78. The van der Waals surface area contributed by atoms with Crippen molar-refractivity contribution in [3.8, 4) is 12.3 Å². The molecule has 6 heteroatoms. The van der Waals surface area contributed by atoms with Crippen LogP contribution in [-0.4, -0.2) is 23.1 Å². The van der Waals surface area contributed by atoms with Crippen LogP contribution in [0.4, 0.5) is 0 Å². The summed E-state index contributed by atoms with van der Waals surface area (Å²) in [4.78, 5) is 16.7. The highest BCUT2D eigenvalue weighted by Gasteiger charge is 2.12. The van der Waals surface area contributed by atoms with E-state index in [9.17, 15) is 4.79 Å². The highest BCUT2D eigenvalue weighted by atomic mass is 35.5. The Bertz CT molecular complexity index is 1120. The molecule has 4 nitrogen and oxygen atoms in total. The number of hydrogen-bond acceptors (Lipinski definition) is 3. The number of halogens is 2. The molecule has 1 heterocycles. The first-order valence-electron chi connectivity index (χ1n) is 9.20. The van der Waals surface area contributed by atoms with E-state index in [1.165, 1.54) is 6.20 Å². The summed E-state index contributed by atoms with van der Waals surface area (Å²) < 4.78 is 0. The van der Waals surface area contributed by atoms with Crippen molar-refractivity contribution in [2.45, 2.75) is 12.3 Å². The molecule has 1 amide bonds. The topological polar surface area (TPSA) is 65.8 Å². The second-order valence-corrected chi connectivity index (χ2v) is 7.41. The fourth-order valence-corrected chi connectivity index (χ4v) is 3.30. The molecule has 0 saturated heterocycles. The Morgan fingerprint density at radius 3 is 2.50 bits per heavy atom. The molecule has 0 spiro atoms. The van der Waals surface area contributed by atoms with Crippen molar-refractivity contribution < 1.29 is 4.79 Å². The van der Waals surface area contributed by atoms with Gasteiger partial charge in [0, 0.05) is 34.4 Å². The summed E-state index contributed by atoms with van der Waals surface area (Å²) in [6.07, 6.45) is 9.38. The minimum absolute atomic E-state index is 0.0258. The molecule has 0 radical (unpaired) electrons. The molecule has 0 saturated carbocycles. The van der Waals surface area contributed by atoms with Crippen LogP contribution in [0.5, 0.6) is 0 Å². The Balaban J connectivity index is 1.66. The van der Waals surface area contributed by atoms with Gasteiger partial charge in [-0.3, -0.25) is 9.78 Å². The third-order valence-corrected chi connectivity index (χ3v) is 5.07. The van der Waals surface area contributed by atoms with Gasteiger partial charge < -0.3 is 10.7 Å². The van der Waals surface area contributed by atoms with Crippen LogP contribution in [0.1, 0.15) is 38.2 Å². The summed E-state index contributed by atoms with van der Waals surface area (Å²) in [6.45, 7) is 0.0258. The molecule has 2 N–H and O–H groups in total. The molecular weight excluding hydrogens is 417 g/mol. The highest BCUT2D eigenvalue weighted by Crippen LogP contribution is 2.16. The maximum absolute atomic E-state index is 12.6. The van der Waals surface area contributed by atoms with E-state index in [1.54, 1.807) is 30.5 Å². The molecule has 0 bridgehead atoms. The van der Waals surface area contributed by atoms with Gasteiger partial charge in [0.1, 0.15) is 0 Å². The molecule has 0 aliphatic rings. The monoisotopic (exact) mass is 435 g/mol. The van der Waals surface area contributed by atoms with Crippen LogP contribution in [0.2, 0.25) is 5.02 Å². The standard InChI is InChI=1S/C24H19Cl2N3O/c1-2-19-7-8-21(26)11-22(19)23(27)15-29-24(30)20-10-18(13-28-14-20)9-16-3-5-17(12-25)6-4-16/h1,3-8,10-11,13-14,27H,9,12,15H2,(H,29,30). The first-order valence-corrected chi connectivity index (χ1v) is 10.1. The predicted molar refractivity (Wildman–Crippen MR) is 122 cm³/mol. The van der Waals surface area contributed by atoms with Crippen LogP contribution >= 0.6 is 23.2 Å². The normalized spacial score (nSPS) is 10.3. The number of alkyl halides is 1. The number of hydrogen-bond donors (Lipinski definition) is 2. The number of pyridine rings is 1. The largest absolute Gasteiger partial charge is 0.346 e. The molecule has 0 aliphatic carbocycles. The second-order valence-electron chi connectivity index (χ2n) is 6.70. The van der Waals surface area contributed by atoms with E-state index in [2.05, 4.69) is 16.2 Å². The van der Waals surface area contributed by atoms with Crippen molar-refractivity contribution in [2.24, 2.45) is 0 Å². The number of amides is 1. The Kier molecular flexibility index (Phi) is 7.24. The summed E-state index contributed by atoms with van der Waals surface area (Å²) in [5.74, 6) is 2.70. The minimum atomic E-state index is -0.309. The summed E-state index contributed by atoms with van der Waals surface area (Å²) in [5, 5.41) is 11.5. The molecule has 2 aromatic carbocycles. The van der Waals surface area contributed by atoms with Crippen molar-refractivity contribution >= 4 is 34.8 Å². The number of rotatable bonds is 7. The average molecular weight is 436 g/mol. The number of aromatic nitrogens is 1. The Labute approximate surface area is 185 Å². The molecule has 0 atom stereocenters. The second kappa shape index (κ2) is 10.1. The van der Waals surface area contributed by atoms with Gasteiger partial charge in [0.25, 0.3) is 5.91 Å². The quantitative estimate of drug-likeness (QED) is 0.316. The summed E-state index contributed by atoms with van der Waals surface area (Å²) in [5.41, 5.74) is 4.78. The number of carbonyl (C=O) groups excluding carboxylic acids is 1. The Morgan fingerprint density at radius 1 is 1.07 bits per heavy atom. The number of benzene rings is 2. The van der Waals surface area contributed by atoms with Gasteiger partial charge in [-0.15, -0.1) is 18.0 Å². The maximum atomic E-state index is 12.6. The molecule has 3 rings (SSSR count). The van der Waals surface area contributed by atoms with Crippen LogP contribution in [0.15, 0.2) is 60.9 Å². The Hall–Kier alpha value is -3.13. The van der Waals surface area contributed by atoms with Gasteiger partial charge >= 0.3 is 0 Å². The van der Waals surface area contributed by atoms with Gasteiger partial charge in [-0.05, 0) is 47.4 Å². The summed E-state index contributed by atoms with van der Waals surface area (Å²) >= 11 is 11.8. The molecule has 3 aromatic rings. The lowest BCUT2D eigenvalue weighted by Gasteiger charge is -2.10. The number of nitrogens with zero attached hydrogens (tertiary/aromatic N) is 1. The minimum Gasteiger partial charge on any atom is -0.346 e. The van der Waals surface area contributed by atoms with Crippen LogP contribution in [0.3, 0.4) is 0 Å². The van der Waals surface area contributed by atoms with E-state index in [0.29, 0.717) is 34.0 Å². The van der Waals surface area contributed by atoms with Gasteiger partial charge in [0.2, 0.25) is 0 Å². The molecule has 150 valence electrons. The fourth-order valence-electron chi connectivity index (χ4n) is 2.95. The lowest BCUT2D eigenvalue weighted by molar-refractivity contribution is 0.0959. The van der Waals surface area contributed by atoms with Crippen LogP contribution < -0.4 is 5.32 Å². The zero-order valence-corrected chi connectivity index (χ0v) is 17.6. The number of terminal acetylenes is 1. The van der Waals surface area contributed by atoms with E-state index >= 15 is 0 Å². The molecule has 30 heavy (non-hydrogen) atoms. The van der Waals surface area contributed by atoms with Crippen molar-refractivity contribution in [3.05, 3.63) is 99.3 Å². The van der Waals surface area contributed by atoms with Gasteiger partial charge in [-0.1, -0.05) is 41.8 Å². The third kappa shape index (κ3) is 5.48. The SMILES string of the molecule is C#Cc1ccc(Cl)cc1C(=N)CNC(=O)c1cncc(Cc2ccc(CCl)cc2)c1. The Morgan fingerprint density at radius 2 is 1.80 bits per heavy atom. The van der Waals surface area contributed by atoms with Crippen molar-refractivity contribution in [2.75, 3.05) is 6.54 Å². The lowest BCUT2D eigenvalue weighted by atomic mass is 10.0. The third-order valence-electron chi connectivity index (χ3n) is 4.53. The van der Waals surface area contributed by atoms with Crippen LogP contribution in [0.25, 0.3) is 0 Å². The highest BCUT2D eigenvalue weighted by molar-refractivity contribution is 6.31. The lowest BCUT2D eigenvalue weighted by Crippen LogP contribution is -2.30. The van der Waals surface area contributed by atoms with E-state index in [1.807, 2.05) is 24.3 Å². The van der Waals surface area contributed by atoms with Gasteiger partial charge in [0.05, 0.1) is 17.8 Å². The van der Waals surface area contributed by atoms with E-state index in [4.69, 9.17) is 35.0 Å². The van der Waals surface area contributed by atoms with Crippen molar-refractivity contribution in [1.82, 2.24) is 10.3 Å². The molecule has 0 fully saturated rings. The van der Waals surface area contributed by atoms with E-state index in [-0.39, 0.29) is 18.2 Å².